The highest BCUT2D eigenvalue weighted by molar-refractivity contribution is 5.13. The second-order valence-corrected chi connectivity index (χ2v) is 2.81. The van der Waals surface area contributed by atoms with Gasteiger partial charge in [-0.2, -0.15) is 0 Å². The van der Waals surface area contributed by atoms with Crippen molar-refractivity contribution in [1.82, 2.24) is 10.2 Å². The summed E-state index contributed by atoms with van der Waals surface area (Å²) in [7, 11) is 0. The van der Waals surface area contributed by atoms with Crippen molar-refractivity contribution in [2.75, 3.05) is 0 Å². The Labute approximate surface area is 81.5 Å². The maximum Gasteiger partial charge on any atom is 0.241 e. The van der Waals surface area contributed by atoms with Crippen LogP contribution < -0.4 is 0 Å². The smallest absolute Gasteiger partial charge is 0.241 e. The van der Waals surface area contributed by atoms with Gasteiger partial charge in [-0.25, -0.2) is 0 Å². The van der Waals surface area contributed by atoms with E-state index in [9.17, 15) is 0 Å². The molecule has 1 aromatic carbocycles. The van der Waals surface area contributed by atoms with Crippen LogP contribution in [-0.4, -0.2) is 10.2 Å². The fourth-order valence-corrected chi connectivity index (χ4v) is 1.09. The predicted molar refractivity (Wildman–Crippen MR) is 49.2 cm³/mol. The predicted octanol–water partition coefficient (Wildman–Crippen LogP) is 1.79. The van der Waals surface area contributed by atoms with E-state index in [4.69, 9.17) is 9.15 Å². The Hall–Kier alpha value is -1.68. The number of aromatic nitrogens is 2. The Morgan fingerprint density at radius 1 is 1.14 bits per heavy atom. The molecule has 0 bridgehead atoms. The lowest BCUT2D eigenvalue weighted by Crippen LogP contribution is -1.94. The fourth-order valence-electron chi connectivity index (χ4n) is 1.09. The summed E-state index contributed by atoms with van der Waals surface area (Å²) < 4.78 is 10.3. The van der Waals surface area contributed by atoms with E-state index in [1.165, 1.54) is 6.39 Å². The second-order valence-electron chi connectivity index (χ2n) is 2.81. The number of ether oxygens (including phenoxy) is 1. The summed E-state index contributed by atoms with van der Waals surface area (Å²) in [5.74, 6) is 0.501. The van der Waals surface area contributed by atoms with Crippen LogP contribution in [0.25, 0.3) is 0 Å². The van der Waals surface area contributed by atoms with Crippen molar-refractivity contribution in [2.45, 2.75) is 13.2 Å². The quantitative estimate of drug-likeness (QED) is 0.737. The third-order valence-corrected chi connectivity index (χ3v) is 1.74. The van der Waals surface area contributed by atoms with Crippen LogP contribution >= 0.6 is 0 Å². The van der Waals surface area contributed by atoms with Gasteiger partial charge in [-0.15, -0.1) is 10.2 Å². The van der Waals surface area contributed by atoms with Gasteiger partial charge in [0.1, 0.15) is 6.61 Å². The van der Waals surface area contributed by atoms with Gasteiger partial charge in [0.25, 0.3) is 0 Å². The molecule has 0 radical (unpaired) electrons. The SMILES string of the molecule is c1ccc(COCc2nnco2)cc1. The van der Waals surface area contributed by atoms with Crippen molar-refractivity contribution in [1.29, 1.82) is 0 Å². The molecule has 0 amide bonds. The highest BCUT2D eigenvalue weighted by atomic mass is 16.5. The molecule has 0 saturated carbocycles. The first-order valence-corrected chi connectivity index (χ1v) is 4.32. The second kappa shape index (κ2) is 4.53. The average Bonchev–Trinajstić information content (AvgIpc) is 2.72. The van der Waals surface area contributed by atoms with Crippen molar-refractivity contribution >= 4 is 0 Å². The van der Waals surface area contributed by atoms with Crippen molar-refractivity contribution in [3.05, 3.63) is 48.2 Å². The molecule has 1 aromatic heterocycles. The zero-order chi connectivity index (χ0) is 9.64. The minimum atomic E-state index is 0.356. The Bertz CT molecular complexity index is 359. The fraction of sp³-hybridized carbons (Fsp3) is 0.200. The lowest BCUT2D eigenvalue weighted by Gasteiger charge is -2.00. The topological polar surface area (TPSA) is 48.2 Å². The minimum Gasteiger partial charge on any atom is -0.425 e. The summed E-state index contributed by atoms with van der Waals surface area (Å²) >= 11 is 0. The summed E-state index contributed by atoms with van der Waals surface area (Å²) in [5.41, 5.74) is 1.13. The van der Waals surface area contributed by atoms with Crippen molar-refractivity contribution in [2.24, 2.45) is 0 Å². The van der Waals surface area contributed by atoms with Crippen LogP contribution in [0.3, 0.4) is 0 Å². The van der Waals surface area contributed by atoms with Gasteiger partial charge in [-0.1, -0.05) is 30.3 Å². The van der Waals surface area contributed by atoms with Crippen molar-refractivity contribution in [3.8, 4) is 0 Å². The van der Waals surface area contributed by atoms with E-state index in [1.807, 2.05) is 30.3 Å². The molecule has 0 saturated heterocycles. The van der Waals surface area contributed by atoms with Crippen LogP contribution in [-0.2, 0) is 18.0 Å². The molecule has 0 aliphatic rings. The zero-order valence-corrected chi connectivity index (χ0v) is 7.59. The van der Waals surface area contributed by atoms with E-state index in [2.05, 4.69) is 10.2 Å². The largest absolute Gasteiger partial charge is 0.425 e. The highest BCUT2D eigenvalue weighted by Crippen LogP contribution is 2.02. The molecular weight excluding hydrogens is 180 g/mol. The number of benzene rings is 1. The number of rotatable bonds is 4. The summed E-state index contributed by atoms with van der Waals surface area (Å²) in [6.07, 6.45) is 1.29. The van der Waals surface area contributed by atoms with E-state index in [0.717, 1.165) is 5.56 Å². The molecule has 0 fully saturated rings. The van der Waals surface area contributed by atoms with Gasteiger partial charge >= 0.3 is 0 Å². The highest BCUT2D eigenvalue weighted by Gasteiger charge is 1.98. The monoisotopic (exact) mass is 190 g/mol. The van der Waals surface area contributed by atoms with E-state index in [1.54, 1.807) is 0 Å². The molecule has 0 spiro atoms. The molecule has 1 heterocycles. The molecule has 14 heavy (non-hydrogen) atoms. The number of hydrogen-bond donors (Lipinski definition) is 0. The Kier molecular flexibility index (Phi) is 2.88. The average molecular weight is 190 g/mol. The first-order chi connectivity index (χ1) is 6.95. The van der Waals surface area contributed by atoms with Crippen LogP contribution in [0.2, 0.25) is 0 Å². The van der Waals surface area contributed by atoms with Gasteiger partial charge in [-0.05, 0) is 5.56 Å². The van der Waals surface area contributed by atoms with Gasteiger partial charge < -0.3 is 9.15 Å². The van der Waals surface area contributed by atoms with Gasteiger partial charge in [-0.3, -0.25) is 0 Å². The maximum absolute atomic E-state index is 5.37. The summed E-state index contributed by atoms with van der Waals surface area (Å²) in [6, 6.07) is 9.94. The molecule has 0 aliphatic carbocycles. The minimum absolute atomic E-state index is 0.356. The molecule has 2 rings (SSSR count). The summed E-state index contributed by atoms with van der Waals surface area (Å²) in [4.78, 5) is 0. The van der Waals surface area contributed by atoms with Crippen molar-refractivity contribution < 1.29 is 9.15 Å². The standard InChI is InChI=1S/C10H10N2O2/c1-2-4-9(5-3-1)6-13-7-10-12-11-8-14-10/h1-5,8H,6-7H2. The molecular formula is C10H10N2O2. The van der Waals surface area contributed by atoms with E-state index in [-0.39, 0.29) is 0 Å². The van der Waals surface area contributed by atoms with Crippen LogP contribution in [0.5, 0.6) is 0 Å². The molecule has 0 unspecified atom stereocenters. The number of hydrogen-bond acceptors (Lipinski definition) is 4. The maximum atomic E-state index is 5.37. The molecule has 72 valence electrons. The third-order valence-electron chi connectivity index (χ3n) is 1.74. The lowest BCUT2D eigenvalue weighted by molar-refractivity contribution is 0.0894. The zero-order valence-electron chi connectivity index (χ0n) is 7.59. The molecule has 0 aliphatic heterocycles. The van der Waals surface area contributed by atoms with E-state index in [0.29, 0.717) is 19.1 Å². The van der Waals surface area contributed by atoms with Crippen LogP contribution in [0.15, 0.2) is 41.1 Å². The van der Waals surface area contributed by atoms with Gasteiger partial charge in [0.2, 0.25) is 12.3 Å². The molecule has 4 heteroatoms. The van der Waals surface area contributed by atoms with E-state index < -0.39 is 0 Å². The normalized spacial score (nSPS) is 10.3. The van der Waals surface area contributed by atoms with Gasteiger partial charge in [0, 0.05) is 0 Å². The summed E-state index contributed by atoms with van der Waals surface area (Å²) in [6.45, 7) is 0.915. The van der Waals surface area contributed by atoms with Crippen molar-refractivity contribution in [3.63, 3.8) is 0 Å². The van der Waals surface area contributed by atoms with Gasteiger partial charge in [0.05, 0.1) is 6.61 Å². The van der Waals surface area contributed by atoms with Crippen LogP contribution in [0.1, 0.15) is 11.5 Å². The first-order valence-electron chi connectivity index (χ1n) is 4.32. The van der Waals surface area contributed by atoms with Crippen LogP contribution in [0.4, 0.5) is 0 Å². The molecule has 0 N–H and O–H groups in total. The molecule has 2 aromatic rings. The first kappa shape index (κ1) is 8.90. The van der Waals surface area contributed by atoms with Gasteiger partial charge in [0.15, 0.2) is 0 Å². The lowest BCUT2D eigenvalue weighted by atomic mass is 10.2. The third kappa shape index (κ3) is 2.40. The summed E-state index contributed by atoms with van der Waals surface area (Å²) in [5, 5.41) is 7.26. The molecule has 0 atom stereocenters. The number of nitrogens with zero attached hydrogens (tertiary/aromatic N) is 2. The Morgan fingerprint density at radius 2 is 2.00 bits per heavy atom. The van der Waals surface area contributed by atoms with Crippen LogP contribution in [0, 0.1) is 0 Å². The Morgan fingerprint density at radius 3 is 2.71 bits per heavy atom. The Balaban J connectivity index is 1.79. The van der Waals surface area contributed by atoms with E-state index >= 15 is 0 Å². The molecule has 4 nitrogen and oxygen atoms in total.